The van der Waals surface area contributed by atoms with Gasteiger partial charge in [0.2, 0.25) is 5.91 Å². The van der Waals surface area contributed by atoms with Gasteiger partial charge in [-0.3, -0.25) is 4.79 Å². The van der Waals surface area contributed by atoms with Gasteiger partial charge in [-0.05, 0) is 32.4 Å². The molecule has 2 N–H and O–H groups in total. The molecule has 3 heteroatoms. The summed E-state index contributed by atoms with van der Waals surface area (Å²) in [6, 6.07) is 7.69. The van der Waals surface area contributed by atoms with E-state index in [1.165, 1.54) is 0 Å². The van der Waals surface area contributed by atoms with Crippen LogP contribution in [0.15, 0.2) is 24.3 Å². The third-order valence-corrected chi connectivity index (χ3v) is 2.35. The van der Waals surface area contributed by atoms with Gasteiger partial charge >= 0.3 is 0 Å². The molecule has 0 aliphatic heterocycles. The fourth-order valence-corrected chi connectivity index (χ4v) is 1.05. The van der Waals surface area contributed by atoms with Gasteiger partial charge in [-0.1, -0.05) is 18.2 Å². The SMILES string of the molecule is Cc1ccccc1OCC(C)(C)C(N)=O. The van der Waals surface area contributed by atoms with E-state index in [0.29, 0.717) is 6.61 Å². The van der Waals surface area contributed by atoms with Crippen LogP contribution in [0.2, 0.25) is 0 Å². The lowest BCUT2D eigenvalue weighted by molar-refractivity contribution is -0.127. The van der Waals surface area contributed by atoms with Crippen LogP contribution in [0, 0.1) is 12.3 Å². The van der Waals surface area contributed by atoms with Gasteiger partial charge in [0.05, 0.1) is 5.41 Å². The predicted octanol–water partition coefficient (Wildman–Crippen LogP) is 1.89. The Labute approximate surface area is 90.2 Å². The summed E-state index contributed by atoms with van der Waals surface area (Å²) in [6.45, 7) is 5.81. The molecule has 1 aromatic carbocycles. The molecule has 0 spiro atoms. The highest BCUT2D eigenvalue weighted by molar-refractivity contribution is 5.80. The van der Waals surface area contributed by atoms with E-state index in [-0.39, 0.29) is 5.91 Å². The fourth-order valence-electron chi connectivity index (χ4n) is 1.05. The smallest absolute Gasteiger partial charge is 0.226 e. The summed E-state index contributed by atoms with van der Waals surface area (Å²) in [5.41, 5.74) is 5.67. The average Bonchev–Trinajstić information content (AvgIpc) is 2.16. The van der Waals surface area contributed by atoms with E-state index in [9.17, 15) is 4.79 Å². The van der Waals surface area contributed by atoms with E-state index < -0.39 is 5.41 Å². The molecule has 0 saturated heterocycles. The van der Waals surface area contributed by atoms with E-state index in [2.05, 4.69) is 0 Å². The maximum Gasteiger partial charge on any atom is 0.226 e. The average molecular weight is 207 g/mol. The van der Waals surface area contributed by atoms with E-state index >= 15 is 0 Å². The third kappa shape index (κ3) is 2.98. The number of rotatable bonds is 4. The number of aryl methyl sites for hydroxylation is 1. The summed E-state index contributed by atoms with van der Waals surface area (Å²) in [5, 5.41) is 0. The standard InChI is InChI=1S/C12H17NO2/c1-9-6-4-5-7-10(9)15-8-12(2,3)11(13)14/h4-7H,8H2,1-3H3,(H2,13,14). The Morgan fingerprint density at radius 1 is 1.40 bits per heavy atom. The summed E-state index contributed by atoms with van der Waals surface area (Å²) in [6.07, 6.45) is 0. The van der Waals surface area contributed by atoms with Crippen LogP contribution < -0.4 is 10.5 Å². The first-order valence-electron chi connectivity index (χ1n) is 4.92. The van der Waals surface area contributed by atoms with Crippen molar-refractivity contribution in [3.63, 3.8) is 0 Å². The number of hydrogen-bond acceptors (Lipinski definition) is 2. The number of amides is 1. The molecule has 0 aliphatic carbocycles. The Morgan fingerprint density at radius 2 is 2.00 bits per heavy atom. The van der Waals surface area contributed by atoms with Gasteiger partial charge < -0.3 is 10.5 Å². The van der Waals surface area contributed by atoms with E-state index in [1.54, 1.807) is 13.8 Å². The summed E-state index contributed by atoms with van der Waals surface area (Å²) < 4.78 is 5.56. The molecule has 3 nitrogen and oxygen atoms in total. The Balaban J connectivity index is 2.66. The molecule has 0 atom stereocenters. The van der Waals surface area contributed by atoms with Gasteiger partial charge in [-0.25, -0.2) is 0 Å². The van der Waals surface area contributed by atoms with Crippen LogP contribution in [0.3, 0.4) is 0 Å². The van der Waals surface area contributed by atoms with Crippen molar-refractivity contribution in [3.8, 4) is 5.75 Å². The molecule has 0 fully saturated rings. The highest BCUT2D eigenvalue weighted by Gasteiger charge is 2.25. The minimum atomic E-state index is -0.637. The van der Waals surface area contributed by atoms with E-state index in [0.717, 1.165) is 11.3 Å². The molecule has 1 amide bonds. The quantitative estimate of drug-likeness (QED) is 0.819. The van der Waals surface area contributed by atoms with Crippen LogP contribution in [0.1, 0.15) is 19.4 Å². The second-order valence-corrected chi connectivity index (χ2v) is 4.30. The zero-order valence-corrected chi connectivity index (χ0v) is 9.41. The second-order valence-electron chi connectivity index (χ2n) is 4.30. The van der Waals surface area contributed by atoms with E-state index in [1.807, 2.05) is 31.2 Å². The van der Waals surface area contributed by atoms with Gasteiger partial charge in [0, 0.05) is 0 Å². The topological polar surface area (TPSA) is 52.3 Å². The van der Waals surface area contributed by atoms with Crippen molar-refractivity contribution in [1.29, 1.82) is 0 Å². The maximum absolute atomic E-state index is 11.1. The molecule has 0 unspecified atom stereocenters. The number of carbonyl (C=O) groups excluding carboxylic acids is 1. The summed E-state index contributed by atoms with van der Waals surface area (Å²) in [4.78, 5) is 11.1. The normalized spacial score (nSPS) is 11.1. The highest BCUT2D eigenvalue weighted by atomic mass is 16.5. The molecule has 0 saturated carbocycles. The van der Waals surface area contributed by atoms with Crippen LogP contribution in [-0.4, -0.2) is 12.5 Å². The first kappa shape index (κ1) is 11.6. The van der Waals surface area contributed by atoms with Gasteiger partial charge in [-0.15, -0.1) is 0 Å². The molecule has 0 aliphatic rings. The molecule has 82 valence electrons. The summed E-state index contributed by atoms with van der Waals surface area (Å²) >= 11 is 0. The van der Waals surface area contributed by atoms with Crippen molar-refractivity contribution in [2.24, 2.45) is 11.1 Å². The molecule has 0 heterocycles. The molecule has 15 heavy (non-hydrogen) atoms. The van der Waals surface area contributed by atoms with Crippen molar-refractivity contribution in [2.75, 3.05) is 6.61 Å². The zero-order chi connectivity index (χ0) is 11.5. The highest BCUT2D eigenvalue weighted by Crippen LogP contribution is 2.20. The van der Waals surface area contributed by atoms with Crippen LogP contribution >= 0.6 is 0 Å². The minimum Gasteiger partial charge on any atom is -0.492 e. The number of benzene rings is 1. The van der Waals surface area contributed by atoms with Crippen molar-refractivity contribution in [1.82, 2.24) is 0 Å². The first-order valence-corrected chi connectivity index (χ1v) is 4.92. The van der Waals surface area contributed by atoms with Crippen molar-refractivity contribution in [2.45, 2.75) is 20.8 Å². The van der Waals surface area contributed by atoms with Crippen molar-refractivity contribution < 1.29 is 9.53 Å². The van der Waals surface area contributed by atoms with Crippen LogP contribution in [0.4, 0.5) is 0 Å². The first-order chi connectivity index (χ1) is 6.93. The van der Waals surface area contributed by atoms with Gasteiger partial charge in [0.15, 0.2) is 0 Å². The number of carbonyl (C=O) groups is 1. The van der Waals surface area contributed by atoms with Crippen LogP contribution in [-0.2, 0) is 4.79 Å². The van der Waals surface area contributed by atoms with Gasteiger partial charge in [0.25, 0.3) is 0 Å². The fraction of sp³-hybridized carbons (Fsp3) is 0.417. The molecule has 0 radical (unpaired) electrons. The van der Waals surface area contributed by atoms with Crippen LogP contribution in [0.5, 0.6) is 5.75 Å². The number of ether oxygens (including phenoxy) is 1. The summed E-state index contributed by atoms with van der Waals surface area (Å²) in [7, 11) is 0. The summed E-state index contributed by atoms with van der Waals surface area (Å²) in [5.74, 6) is 0.447. The molecule has 0 aromatic heterocycles. The van der Waals surface area contributed by atoms with Gasteiger partial charge in [-0.2, -0.15) is 0 Å². The van der Waals surface area contributed by atoms with Crippen molar-refractivity contribution in [3.05, 3.63) is 29.8 Å². The Hall–Kier alpha value is -1.51. The van der Waals surface area contributed by atoms with E-state index in [4.69, 9.17) is 10.5 Å². The Kier molecular flexibility index (Phi) is 3.35. The number of nitrogens with two attached hydrogens (primary N) is 1. The lowest BCUT2D eigenvalue weighted by Crippen LogP contribution is -2.36. The van der Waals surface area contributed by atoms with Crippen LogP contribution in [0.25, 0.3) is 0 Å². The van der Waals surface area contributed by atoms with Crippen molar-refractivity contribution >= 4 is 5.91 Å². The maximum atomic E-state index is 11.1. The second kappa shape index (κ2) is 4.34. The number of para-hydroxylation sites is 1. The largest absolute Gasteiger partial charge is 0.492 e. The Bertz CT molecular complexity index is 358. The predicted molar refractivity (Wildman–Crippen MR) is 59.6 cm³/mol. The molecular weight excluding hydrogens is 190 g/mol. The third-order valence-electron chi connectivity index (χ3n) is 2.35. The number of hydrogen-bond donors (Lipinski definition) is 1. The molecule has 0 bridgehead atoms. The number of primary amides is 1. The lowest BCUT2D eigenvalue weighted by atomic mass is 9.94. The zero-order valence-electron chi connectivity index (χ0n) is 9.41. The molecular formula is C12H17NO2. The minimum absolute atomic E-state index is 0.299. The van der Waals surface area contributed by atoms with Gasteiger partial charge in [0.1, 0.15) is 12.4 Å². The lowest BCUT2D eigenvalue weighted by Gasteiger charge is -2.21. The monoisotopic (exact) mass is 207 g/mol. The molecule has 1 rings (SSSR count). The Morgan fingerprint density at radius 3 is 2.53 bits per heavy atom. The molecule has 1 aromatic rings.